The van der Waals surface area contributed by atoms with E-state index in [0.29, 0.717) is 13.1 Å². The average molecular weight is 236 g/mol. The van der Waals surface area contributed by atoms with Crippen LogP contribution in [0, 0.1) is 0 Å². The summed E-state index contributed by atoms with van der Waals surface area (Å²) in [5.74, 6) is 0.141. The molecular formula is C10H24N2O2S. The average Bonchev–Trinajstić information content (AvgIpc) is 2.25. The summed E-state index contributed by atoms with van der Waals surface area (Å²) in [5.41, 5.74) is 5.35. The molecule has 0 aromatic carbocycles. The smallest absolute Gasteiger partial charge is 0.214 e. The van der Waals surface area contributed by atoms with Gasteiger partial charge in [-0.05, 0) is 19.8 Å². The minimum absolute atomic E-state index is 0.141. The maximum absolute atomic E-state index is 11.9. The highest BCUT2D eigenvalue weighted by Crippen LogP contribution is 2.25. The molecule has 0 aromatic heterocycles. The maximum Gasteiger partial charge on any atom is 0.214 e. The Morgan fingerprint density at radius 2 is 1.60 bits per heavy atom. The van der Waals surface area contributed by atoms with E-state index in [1.54, 1.807) is 11.2 Å². The minimum Gasteiger partial charge on any atom is -0.329 e. The summed E-state index contributed by atoms with van der Waals surface area (Å²) in [6.07, 6.45) is 1.51. The van der Waals surface area contributed by atoms with Gasteiger partial charge in [-0.2, -0.15) is 4.31 Å². The largest absolute Gasteiger partial charge is 0.329 e. The van der Waals surface area contributed by atoms with E-state index >= 15 is 0 Å². The van der Waals surface area contributed by atoms with E-state index in [1.165, 1.54) is 0 Å². The van der Waals surface area contributed by atoms with E-state index < -0.39 is 15.6 Å². The van der Waals surface area contributed by atoms with Gasteiger partial charge in [0.15, 0.2) is 0 Å². The van der Waals surface area contributed by atoms with Gasteiger partial charge in [0.25, 0.3) is 0 Å². The third-order valence-electron chi connectivity index (χ3n) is 3.21. The van der Waals surface area contributed by atoms with Gasteiger partial charge in [-0.1, -0.05) is 20.8 Å². The molecule has 0 amide bonds. The first-order valence-corrected chi connectivity index (χ1v) is 7.25. The van der Waals surface area contributed by atoms with Crippen molar-refractivity contribution in [3.8, 4) is 0 Å². The Morgan fingerprint density at radius 1 is 1.13 bits per heavy atom. The second kappa shape index (κ2) is 5.82. The van der Waals surface area contributed by atoms with Gasteiger partial charge in [0, 0.05) is 18.6 Å². The predicted molar refractivity (Wildman–Crippen MR) is 64.2 cm³/mol. The Balaban J connectivity index is 5.25. The van der Waals surface area contributed by atoms with Crippen LogP contribution < -0.4 is 5.73 Å². The van der Waals surface area contributed by atoms with Crippen molar-refractivity contribution in [1.29, 1.82) is 0 Å². The Kier molecular flexibility index (Phi) is 5.77. The zero-order chi connectivity index (χ0) is 12.1. The molecule has 15 heavy (non-hydrogen) atoms. The van der Waals surface area contributed by atoms with Crippen LogP contribution in [0.2, 0.25) is 0 Å². The SMILES string of the molecule is CCN(C(CC)(CC)CN)S(=O)(=O)CC. The standard InChI is InChI=1S/C10H24N2O2S/c1-5-10(6-2,9-11)12(7-3)15(13,14)8-4/h5-9,11H2,1-4H3. The van der Waals surface area contributed by atoms with Crippen LogP contribution in [-0.2, 0) is 10.0 Å². The molecule has 0 atom stereocenters. The zero-order valence-corrected chi connectivity index (χ0v) is 11.1. The molecule has 0 bridgehead atoms. The normalized spacial score (nSPS) is 13.5. The van der Waals surface area contributed by atoms with Gasteiger partial charge in [-0.25, -0.2) is 8.42 Å². The molecule has 0 fully saturated rings. The number of hydrogen-bond donors (Lipinski definition) is 1. The lowest BCUT2D eigenvalue weighted by molar-refractivity contribution is 0.185. The number of likely N-dealkylation sites (N-methyl/N-ethyl adjacent to an activating group) is 1. The van der Waals surface area contributed by atoms with E-state index in [4.69, 9.17) is 5.73 Å². The van der Waals surface area contributed by atoms with Crippen LogP contribution in [0.4, 0.5) is 0 Å². The van der Waals surface area contributed by atoms with Crippen LogP contribution >= 0.6 is 0 Å². The highest BCUT2D eigenvalue weighted by atomic mass is 32.2. The van der Waals surface area contributed by atoms with Gasteiger partial charge < -0.3 is 5.73 Å². The number of rotatable bonds is 7. The quantitative estimate of drug-likeness (QED) is 0.722. The Bertz CT molecular complexity index is 263. The molecule has 0 aromatic rings. The second-order valence-electron chi connectivity index (χ2n) is 3.70. The molecule has 4 nitrogen and oxygen atoms in total. The monoisotopic (exact) mass is 236 g/mol. The molecule has 0 rings (SSSR count). The molecule has 0 saturated heterocycles. The van der Waals surface area contributed by atoms with Crippen molar-refractivity contribution in [2.24, 2.45) is 5.73 Å². The van der Waals surface area contributed by atoms with Gasteiger partial charge in [0.1, 0.15) is 0 Å². The van der Waals surface area contributed by atoms with Crippen molar-refractivity contribution in [3.63, 3.8) is 0 Å². The zero-order valence-electron chi connectivity index (χ0n) is 10.3. The van der Waals surface area contributed by atoms with Crippen molar-refractivity contribution >= 4 is 10.0 Å². The molecule has 0 radical (unpaired) electrons. The molecule has 0 saturated carbocycles. The summed E-state index contributed by atoms with van der Waals surface area (Å²) in [6.45, 7) is 8.39. The molecule has 0 spiro atoms. The molecule has 92 valence electrons. The highest BCUT2D eigenvalue weighted by molar-refractivity contribution is 7.89. The number of nitrogens with zero attached hydrogens (tertiary/aromatic N) is 1. The van der Waals surface area contributed by atoms with E-state index in [-0.39, 0.29) is 5.75 Å². The fraction of sp³-hybridized carbons (Fsp3) is 1.00. The van der Waals surface area contributed by atoms with Crippen LogP contribution in [0.1, 0.15) is 40.5 Å². The number of hydrogen-bond acceptors (Lipinski definition) is 3. The molecule has 0 aliphatic rings. The first kappa shape index (κ1) is 14.9. The summed E-state index contributed by atoms with van der Waals surface area (Å²) in [4.78, 5) is 0. The first-order chi connectivity index (χ1) is 6.94. The summed E-state index contributed by atoms with van der Waals surface area (Å²) in [7, 11) is -3.15. The van der Waals surface area contributed by atoms with Crippen molar-refractivity contribution in [3.05, 3.63) is 0 Å². The minimum atomic E-state index is -3.15. The molecule has 0 heterocycles. The van der Waals surface area contributed by atoms with Crippen LogP contribution in [0.5, 0.6) is 0 Å². The predicted octanol–water partition coefficient (Wildman–Crippen LogP) is 1.18. The van der Waals surface area contributed by atoms with Crippen molar-refractivity contribution < 1.29 is 8.42 Å². The fourth-order valence-electron chi connectivity index (χ4n) is 1.98. The summed E-state index contributed by atoms with van der Waals surface area (Å²) < 4.78 is 25.4. The molecule has 0 unspecified atom stereocenters. The third-order valence-corrected chi connectivity index (χ3v) is 5.26. The summed E-state index contributed by atoms with van der Waals surface area (Å²) in [6, 6.07) is 0. The summed E-state index contributed by atoms with van der Waals surface area (Å²) in [5, 5.41) is 0. The lowest BCUT2D eigenvalue weighted by Crippen LogP contribution is -2.55. The highest BCUT2D eigenvalue weighted by Gasteiger charge is 2.37. The van der Waals surface area contributed by atoms with E-state index in [9.17, 15) is 8.42 Å². The lowest BCUT2D eigenvalue weighted by atomic mass is 9.93. The number of nitrogens with two attached hydrogens (primary N) is 1. The Labute approximate surface area is 93.9 Å². The van der Waals surface area contributed by atoms with Gasteiger partial charge in [0.05, 0.1) is 5.75 Å². The van der Waals surface area contributed by atoms with Gasteiger partial charge >= 0.3 is 0 Å². The van der Waals surface area contributed by atoms with Crippen LogP contribution in [0.25, 0.3) is 0 Å². The Hall–Kier alpha value is -0.130. The van der Waals surface area contributed by atoms with Crippen molar-refractivity contribution in [2.75, 3.05) is 18.8 Å². The molecular weight excluding hydrogens is 212 g/mol. The topological polar surface area (TPSA) is 63.4 Å². The van der Waals surface area contributed by atoms with Gasteiger partial charge in [0.2, 0.25) is 10.0 Å². The van der Waals surface area contributed by atoms with Crippen LogP contribution in [-0.4, -0.2) is 37.1 Å². The van der Waals surface area contributed by atoms with Crippen LogP contribution in [0.3, 0.4) is 0 Å². The second-order valence-corrected chi connectivity index (χ2v) is 5.88. The molecule has 0 aliphatic heterocycles. The van der Waals surface area contributed by atoms with Crippen molar-refractivity contribution in [1.82, 2.24) is 4.31 Å². The summed E-state index contributed by atoms with van der Waals surface area (Å²) >= 11 is 0. The lowest BCUT2D eigenvalue weighted by Gasteiger charge is -2.40. The van der Waals surface area contributed by atoms with E-state index in [1.807, 2.05) is 20.8 Å². The first-order valence-electron chi connectivity index (χ1n) is 5.64. The number of sulfonamides is 1. The van der Waals surface area contributed by atoms with E-state index in [0.717, 1.165) is 12.8 Å². The molecule has 5 heteroatoms. The fourth-order valence-corrected chi connectivity index (χ4v) is 3.60. The molecule has 0 aliphatic carbocycles. The maximum atomic E-state index is 11.9. The Morgan fingerprint density at radius 3 is 1.80 bits per heavy atom. The van der Waals surface area contributed by atoms with Crippen molar-refractivity contribution in [2.45, 2.75) is 46.1 Å². The van der Waals surface area contributed by atoms with Gasteiger partial charge in [-0.15, -0.1) is 0 Å². The third kappa shape index (κ3) is 2.92. The molecule has 2 N–H and O–H groups in total. The van der Waals surface area contributed by atoms with Gasteiger partial charge in [-0.3, -0.25) is 0 Å². The van der Waals surface area contributed by atoms with Crippen LogP contribution in [0.15, 0.2) is 0 Å². The van der Waals surface area contributed by atoms with E-state index in [2.05, 4.69) is 0 Å².